The van der Waals surface area contributed by atoms with Gasteiger partial charge < -0.3 is 5.73 Å². The maximum absolute atomic E-state index is 6.07. The van der Waals surface area contributed by atoms with Crippen LogP contribution < -0.4 is 5.73 Å². The molecule has 0 bridgehead atoms. The van der Waals surface area contributed by atoms with Gasteiger partial charge >= 0.3 is 0 Å². The van der Waals surface area contributed by atoms with Gasteiger partial charge in [-0.2, -0.15) is 11.3 Å². The molecule has 4 heteroatoms. The largest absolute Gasteiger partial charge is 0.329 e. The Bertz CT molecular complexity index is 513. The van der Waals surface area contributed by atoms with Crippen LogP contribution in [0.25, 0.3) is 0 Å². The van der Waals surface area contributed by atoms with Crippen LogP contribution in [0.3, 0.4) is 0 Å². The average Bonchev–Trinajstić information content (AvgIpc) is 2.92. The van der Waals surface area contributed by atoms with Gasteiger partial charge in [0, 0.05) is 23.7 Å². The summed E-state index contributed by atoms with van der Waals surface area (Å²) in [5, 5.41) is 5.03. The van der Waals surface area contributed by atoms with E-state index < -0.39 is 0 Å². The first-order chi connectivity index (χ1) is 9.13. The van der Waals surface area contributed by atoms with Gasteiger partial charge in [-0.1, -0.05) is 23.7 Å². The van der Waals surface area contributed by atoms with Crippen molar-refractivity contribution >= 4 is 22.9 Å². The van der Waals surface area contributed by atoms with Crippen molar-refractivity contribution in [2.45, 2.75) is 19.0 Å². The highest BCUT2D eigenvalue weighted by Gasteiger charge is 2.21. The highest BCUT2D eigenvalue weighted by atomic mass is 35.5. The van der Waals surface area contributed by atoms with E-state index in [2.05, 4.69) is 41.8 Å². The van der Waals surface area contributed by atoms with Gasteiger partial charge in [0.05, 0.1) is 0 Å². The molecule has 0 spiro atoms. The van der Waals surface area contributed by atoms with Gasteiger partial charge in [-0.25, -0.2) is 0 Å². The van der Waals surface area contributed by atoms with E-state index in [0.29, 0.717) is 6.54 Å². The van der Waals surface area contributed by atoms with Crippen LogP contribution in [0.1, 0.15) is 30.1 Å². The molecule has 0 saturated heterocycles. The maximum Gasteiger partial charge on any atom is 0.0481 e. The second-order valence-electron chi connectivity index (χ2n) is 4.70. The summed E-state index contributed by atoms with van der Waals surface area (Å²) in [5.41, 5.74) is 8.44. The molecular formula is C15H19ClN2S. The quantitative estimate of drug-likeness (QED) is 0.900. The zero-order valence-corrected chi connectivity index (χ0v) is 12.8. The van der Waals surface area contributed by atoms with Gasteiger partial charge in [0.15, 0.2) is 0 Å². The van der Waals surface area contributed by atoms with E-state index in [0.717, 1.165) is 5.02 Å². The minimum Gasteiger partial charge on any atom is -0.329 e. The number of nitrogens with two attached hydrogens (primary N) is 1. The molecule has 0 radical (unpaired) electrons. The Morgan fingerprint density at radius 1 is 1.32 bits per heavy atom. The van der Waals surface area contributed by atoms with Gasteiger partial charge in [-0.15, -0.1) is 0 Å². The summed E-state index contributed by atoms with van der Waals surface area (Å²) >= 11 is 7.77. The van der Waals surface area contributed by atoms with Crippen molar-refractivity contribution in [1.29, 1.82) is 0 Å². The monoisotopic (exact) mass is 294 g/mol. The number of rotatable bonds is 5. The number of thiophene rings is 1. The average molecular weight is 295 g/mol. The molecule has 0 aliphatic heterocycles. The number of nitrogens with zero attached hydrogens (tertiary/aromatic N) is 1. The van der Waals surface area contributed by atoms with Gasteiger partial charge in [0.2, 0.25) is 0 Å². The molecule has 0 amide bonds. The maximum atomic E-state index is 6.07. The van der Waals surface area contributed by atoms with Gasteiger partial charge in [0.25, 0.3) is 0 Å². The standard InChI is InChI=1S/C15H19ClN2S/c1-11(12-4-3-5-14(16)8-12)18(2)15(9-17)13-6-7-19-10-13/h3-8,10-11,15H,9,17H2,1-2H3. The minimum atomic E-state index is 0.236. The third-order valence-corrected chi connectivity index (χ3v) is 4.52. The zero-order valence-electron chi connectivity index (χ0n) is 11.2. The first kappa shape index (κ1) is 14.5. The summed E-state index contributed by atoms with van der Waals surface area (Å²) in [5.74, 6) is 0. The number of benzene rings is 1. The smallest absolute Gasteiger partial charge is 0.0481 e. The van der Waals surface area contributed by atoms with Crippen molar-refractivity contribution in [2.24, 2.45) is 5.73 Å². The second kappa shape index (κ2) is 6.53. The Morgan fingerprint density at radius 3 is 2.68 bits per heavy atom. The third kappa shape index (κ3) is 3.37. The van der Waals surface area contributed by atoms with Crippen molar-refractivity contribution in [3.05, 3.63) is 57.2 Å². The predicted molar refractivity (Wildman–Crippen MR) is 83.7 cm³/mol. The SMILES string of the molecule is CC(c1cccc(Cl)c1)N(C)C(CN)c1ccsc1. The topological polar surface area (TPSA) is 29.3 Å². The molecule has 102 valence electrons. The summed E-state index contributed by atoms with van der Waals surface area (Å²) in [7, 11) is 2.11. The molecule has 1 aromatic carbocycles. The van der Waals surface area contributed by atoms with Gasteiger partial charge in [-0.05, 0) is 54.1 Å². The molecule has 2 aromatic rings. The molecule has 0 fully saturated rings. The van der Waals surface area contributed by atoms with Crippen LogP contribution >= 0.6 is 22.9 Å². The van der Waals surface area contributed by atoms with Crippen molar-refractivity contribution in [3.63, 3.8) is 0 Å². The van der Waals surface area contributed by atoms with Crippen molar-refractivity contribution in [3.8, 4) is 0 Å². The Kier molecular flexibility index (Phi) is 4.99. The fraction of sp³-hybridized carbons (Fsp3) is 0.333. The number of halogens is 1. The molecule has 0 aliphatic rings. The molecular weight excluding hydrogens is 276 g/mol. The number of hydrogen-bond acceptors (Lipinski definition) is 3. The Labute approximate surface area is 123 Å². The van der Waals surface area contributed by atoms with Crippen LogP contribution in [-0.4, -0.2) is 18.5 Å². The molecule has 2 rings (SSSR count). The van der Waals surface area contributed by atoms with E-state index in [1.54, 1.807) is 11.3 Å². The lowest BCUT2D eigenvalue weighted by Crippen LogP contribution is -2.32. The van der Waals surface area contributed by atoms with E-state index in [1.165, 1.54) is 11.1 Å². The Morgan fingerprint density at radius 2 is 2.11 bits per heavy atom. The number of hydrogen-bond donors (Lipinski definition) is 1. The lowest BCUT2D eigenvalue weighted by molar-refractivity contribution is 0.190. The molecule has 0 saturated carbocycles. The van der Waals surface area contributed by atoms with Crippen LogP contribution in [0.5, 0.6) is 0 Å². The lowest BCUT2D eigenvalue weighted by Gasteiger charge is -2.32. The fourth-order valence-electron chi connectivity index (χ4n) is 2.27. The number of likely N-dealkylation sites (N-methyl/N-ethyl adjacent to an activating group) is 1. The molecule has 1 aromatic heterocycles. The first-order valence-corrected chi connectivity index (χ1v) is 7.65. The molecule has 1 heterocycles. The van der Waals surface area contributed by atoms with Crippen molar-refractivity contribution < 1.29 is 0 Å². The Hall–Kier alpha value is -0.870. The molecule has 2 N–H and O–H groups in total. The van der Waals surface area contributed by atoms with Crippen LogP contribution in [0.4, 0.5) is 0 Å². The highest BCUT2D eigenvalue weighted by Crippen LogP contribution is 2.30. The first-order valence-electron chi connectivity index (χ1n) is 6.33. The molecule has 2 nitrogen and oxygen atoms in total. The Balaban J connectivity index is 2.20. The molecule has 2 atom stereocenters. The van der Waals surface area contributed by atoms with E-state index in [4.69, 9.17) is 17.3 Å². The molecule has 0 aliphatic carbocycles. The second-order valence-corrected chi connectivity index (χ2v) is 5.92. The van der Waals surface area contributed by atoms with Gasteiger partial charge in [0.1, 0.15) is 0 Å². The van der Waals surface area contributed by atoms with Crippen LogP contribution in [0.15, 0.2) is 41.1 Å². The fourth-order valence-corrected chi connectivity index (χ4v) is 3.18. The molecule has 2 unspecified atom stereocenters. The summed E-state index contributed by atoms with van der Waals surface area (Å²) in [4.78, 5) is 2.30. The normalized spacial score (nSPS) is 14.6. The molecule has 19 heavy (non-hydrogen) atoms. The lowest BCUT2D eigenvalue weighted by atomic mass is 10.0. The van der Waals surface area contributed by atoms with Crippen LogP contribution in [0, 0.1) is 0 Å². The van der Waals surface area contributed by atoms with E-state index in [9.17, 15) is 0 Å². The summed E-state index contributed by atoms with van der Waals surface area (Å²) in [6.45, 7) is 2.79. The predicted octanol–water partition coefficient (Wildman–Crippen LogP) is 4.09. The summed E-state index contributed by atoms with van der Waals surface area (Å²) in [6.07, 6.45) is 0. The van der Waals surface area contributed by atoms with E-state index in [1.807, 2.05) is 18.2 Å². The van der Waals surface area contributed by atoms with E-state index in [-0.39, 0.29) is 12.1 Å². The van der Waals surface area contributed by atoms with Crippen LogP contribution in [0.2, 0.25) is 5.02 Å². The zero-order chi connectivity index (χ0) is 13.8. The summed E-state index contributed by atoms with van der Waals surface area (Å²) in [6, 6.07) is 10.7. The summed E-state index contributed by atoms with van der Waals surface area (Å²) < 4.78 is 0. The van der Waals surface area contributed by atoms with E-state index >= 15 is 0 Å². The third-order valence-electron chi connectivity index (χ3n) is 3.58. The van der Waals surface area contributed by atoms with Gasteiger partial charge in [-0.3, -0.25) is 4.90 Å². The van der Waals surface area contributed by atoms with Crippen molar-refractivity contribution in [2.75, 3.05) is 13.6 Å². The van der Waals surface area contributed by atoms with Crippen LogP contribution in [-0.2, 0) is 0 Å². The highest BCUT2D eigenvalue weighted by molar-refractivity contribution is 7.07. The minimum absolute atomic E-state index is 0.236. The van der Waals surface area contributed by atoms with Crippen molar-refractivity contribution in [1.82, 2.24) is 4.90 Å².